The van der Waals surface area contributed by atoms with Crippen molar-refractivity contribution in [1.82, 2.24) is 14.5 Å². The van der Waals surface area contributed by atoms with Gasteiger partial charge in [0.2, 0.25) is 10.0 Å². The highest BCUT2D eigenvalue weighted by atomic mass is 32.2. The molecule has 0 radical (unpaired) electrons. The largest absolute Gasteiger partial charge is 0.497 e. The molecule has 1 heterocycles. The maximum Gasteiger partial charge on any atom is 0.240 e. The third-order valence-corrected chi connectivity index (χ3v) is 5.60. The maximum absolute atomic E-state index is 12.8. The van der Waals surface area contributed by atoms with E-state index < -0.39 is 10.0 Å². The Morgan fingerprint density at radius 1 is 1.11 bits per heavy atom. The van der Waals surface area contributed by atoms with E-state index >= 15 is 0 Å². The third-order valence-electron chi connectivity index (χ3n) is 4.22. The highest BCUT2D eigenvalue weighted by molar-refractivity contribution is 7.89. The van der Waals surface area contributed by atoms with Crippen molar-refractivity contribution in [3.63, 3.8) is 0 Å². The minimum atomic E-state index is -3.79. The van der Waals surface area contributed by atoms with Crippen molar-refractivity contribution in [2.75, 3.05) is 20.0 Å². The first-order valence-electron chi connectivity index (χ1n) is 8.42. The molecule has 0 spiro atoms. The lowest BCUT2D eigenvalue weighted by atomic mass is 10.1. The van der Waals surface area contributed by atoms with E-state index in [2.05, 4.69) is 9.82 Å². The standard InChI is InChI=1S/C19H22N4O4S/c1-23-12-15(10-21-23)14-6-16(20)8-18(7-14)28(24,25)22-11-13-4-5-17(26-2)9-19(13)27-3/h4-10,12,22H,11,20H2,1-3H3. The van der Waals surface area contributed by atoms with Gasteiger partial charge in [-0.15, -0.1) is 0 Å². The van der Waals surface area contributed by atoms with Gasteiger partial charge in [0, 0.05) is 42.7 Å². The average molecular weight is 402 g/mol. The van der Waals surface area contributed by atoms with E-state index in [-0.39, 0.29) is 11.4 Å². The van der Waals surface area contributed by atoms with Gasteiger partial charge >= 0.3 is 0 Å². The van der Waals surface area contributed by atoms with Crippen LogP contribution in [0.25, 0.3) is 11.1 Å². The van der Waals surface area contributed by atoms with E-state index in [0.717, 1.165) is 5.56 Å². The Kier molecular flexibility index (Phi) is 5.57. The number of ether oxygens (including phenoxy) is 2. The zero-order valence-electron chi connectivity index (χ0n) is 15.8. The number of sulfonamides is 1. The smallest absolute Gasteiger partial charge is 0.240 e. The van der Waals surface area contributed by atoms with E-state index in [1.165, 1.54) is 13.2 Å². The van der Waals surface area contributed by atoms with Gasteiger partial charge in [0.15, 0.2) is 0 Å². The predicted molar refractivity (Wildman–Crippen MR) is 107 cm³/mol. The summed E-state index contributed by atoms with van der Waals surface area (Å²) in [6, 6.07) is 9.90. The van der Waals surface area contributed by atoms with Crippen LogP contribution in [-0.2, 0) is 23.6 Å². The fourth-order valence-electron chi connectivity index (χ4n) is 2.77. The van der Waals surface area contributed by atoms with Gasteiger partial charge in [0.05, 0.1) is 25.3 Å². The Bertz CT molecular complexity index is 1090. The van der Waals surface area contributed by atoms with Gasteiger partial charge < -0.3 is 15.2 Å². The summed E-state index contributed by atoms with van der Waals surface area (Å²) >= 11 is 0. The molecule has 0 aliphatic heterocycles. The second kappa shape index (κ2) is 7.91. The lowest BCUT2D eigenvalue weighted by Gasteiger charge is -2.12. The molecule has 3 aromatic rings. The molecular formula is C19H22N4O4S. The molecule has 0 saturated carbocycles. The van der Waals surface area contributed by atoms with Crippen molar-refractivity contribution in [3.8, 4) is 22.6 Å². The van der Waals surface area contributed by atoms with Crippen molar-refractivity contribution < 1.29 is 17.9 Å². The van der Waals surface area contributed by atoms with Crippen LogP contribution in [0, 0.1) is 0 Å². The molecular weight excluding hydrogens is 380 g/mol. The zero-order chi connectivity index (χ0) is 20.3. The summed E-state index contributed by atoms with van der Waals surface area (Å²) in [5.41, 5.74) is 8.42. The van der Waals surface area contributed by atoms with Gasteiger partial charge in [-0.2, -0.15) is 5.10 Å². The topological polar surface area (TPSA) is 108 Å². The number of hydrogen-bond acceptors (Lipinski definition) is 6. The molecule has 8 nitrogen and oxygen atoms in total. The van der Waals surface area contributed by atoms with Crippen LogP contribution in [0.1, 0.15) is 5.56 Å². The van der Waals surface area contributed by atoms with Crippen molar-refractivity contribution >= 4 is 15.7 Å². The molecule has 28 heavy (non-hydrogen) atoms. The van der Waals surface area contributed by atoms with Crippen LogP contribution < -0.4 is 19.9 Å². The predicted octanol–water partition coefficient (Wildman–Crippen LogP) is 2.17. The number of rotatable bonds is 7. The summed E-state index contributed by atoms with van der Waals surface area (Å²) in [6.45, 7) is 0.0620. The lowest BCUT2D eigenvalue weighted by molar-refractivity contribution is 0.390. The first-order valence-corrected chi connectivity index (χ1v) is 9.91. The fourth-order valence-corrected chi connectivity index (χ4v) is 3.85. The van der Waals surface area contributed by atoms with E-state index in [4.69, 9.17) is 15.2 Å². The second-order valence-electron chi connectivity index (χ2n) is 6.20. The number of nitrogens with one attached hydrogen (secondary N) is 1. The van der Waals surface area contributed by atoms with Crippen LogP contribution in [0.4, 0.5) is 5.69 Å². The van der Waals surface area contributed by atoms with Crippen molar-refractivity contribution in [2.45, 2.75) is 11.4 Å². The Morgan fingerprint density at radius 3 is 2.54 bits per heavy atom. The molecule has 0 bridgehead atoms. The number of methoxy groups -OCH3 is 2. The maximum atomic E-state index is 12.8. The molecule has 0 saturated heterocycles. The SMILES string of the molecule is COc1ccc(CNS(=O)(=O)c2cc(N)cc(-c3cnn(C)c3)c2)c(OC)c1. The van der Waals surface area contributed by atoms with Gasteiger partial charge in [-0.05, 0) is 29.8 Å². The zero-order valence-corrected chi connectivity index (χ0v) is 16.7. The quantitative estimate of drug-likeness (QED) is 0.586. The first kappa shape index (κ1) is 19.7. The summed E-state index contributed by atoms with van der Waals surface area (Å²) < 4.78 is 40.3. The number of nitrogens with two attached hydrogens (primary N) is 1. The highest BCUT2D eigenvalue weighted by Gasteiger charge is 2.17. The number of nitrogens with zero attached hydrogens (tertiary/aromatic N) is 2. The summed E-state index contributed by atoms with van der Waals surface area (Å²) in [6.07, 6.45) is 3.45. The average Bonchev–Trinajstić information content (AvgIpc) is 3.12. The number of anilines is 1. The van der Waals surface area contributed by atoms with Crippen LogP contribution in [0.2, 0.25) is 0 Å². The molecule has 0 atom stereocenters. The first-order chi connectivity index (χ1) is 13.3. The normalized spacial score (nSPS) is 11.4. The number of aryl methyl sites for hydroxylation is 1. The molecule has 0 fully saturated rings. The second-order valence-corrected chi connectivity index (χ2v) is 7.96. The van der Waals surface area contributed by atoms with Crippen molar-refractivity contribution in [3.05, 3.63) is 54.4 Å². The molecule has 9 heteroatoms. The van der Waals surface area contributed by atoms with Crippen LogP contribution in [0.15, 0.2) is 53.7 Å². The summed E-state index contributed by atoms with van der Waals surface area (Å²) in [5.74, 6) is 1.16. The van der Waals surface area contributed by atoms with Crippen LogP contribution in [0.5, 0.6) is 11.5 Å². The lowest BCUT2D eigenvalue weighted by Crippen LogP contribution is -2.23. The van der Waals surface area contributed by atoms with Gasteiger partial charge in [-0.25, -0.2) is 13.1 Å². The highest BCUT2D eigenvalue weighted by Crippen LogP contribution is 2.27. The molecule has 148 valence electrons. The summed E-state index contributed by atoms with van der Waals surface area (Å²) in [5, 5.41) is 4.11. The fraction of sp³-hybridized carbons (Fsp3) is 0.211. The van der Waals surface area contributed by atoms with Gasteiger partial charge in [0.25, 0.3) is 0 Å². The molecule has 1 aromatic heterocycles. The Labute approximate surface area is 163 Å². The Hall–Kier alpha value is -3.04. The van der Waals surface area contributed by atoms with Crippen molar-refractivity contribution in [2.24, 2.45) is 7.05 Å². The summed E-state index contributed by atoms with van der Waals surface area (Å²) in [4.78, 5) is 0.0823. The van der Waals surface area contributed by atoms with Gasteiger partial charge in [-0.1, -0.05) is 6.07 Å². The number of benzene rings is 2. The number of hydrogen-bond donors (Lipinski definition) is 2. The Balaban J connectivity index is 1.86. The van der Waals surface area contributed by atoms with Crippen LogP contribution in [-0.4, -0.2) is 32.4 Å². The molecule has 3 N–H and O–H groups in total. The Morgan fingerprint density at radius 2 is 1.89 bits per heavy atom. The minimum Gasteiger partial charge on any atom is -0.497 e. The van der Waals surface area contributed by atoms with E-state index in [1.807, 2.05) is 0 Å². The van der Waals surface area contributed by atoms with Crippen LogP contribution in [0.3, 0.4) is 0 Å². The van der Waals surface area contributed by atoms with E-state index in [1.54, 1.807) is 61.6 Å². The van der Waals surface area contributed by atoms with Gasteiger partial charge in [0.1, 0.15) is 11.5 Å². The number of aromatic nitrogens is 2. The molecule has 0 aliphatic carbocycles. The number of nitrogen functional groups attached to an aromatic ring is 1. The molecule has 0 amide bonds. The molecule has 0 unspecified atom stereocenters. The van der Waals surface area contributed by atoms with Crippen molar-refractivity contribution in [1.29, 1.82) is 0 Å². The third kappa shape index (κ3) is 4.26. The van der Waals surface area contributed by atoms with E-state index in [9.17, 15) is 8.42 Å². The molecule has 0 aliphatic rings. The monoisotopic (exact) mass is 402 g/mol. The summed E-state index contributed by atoms with van der Waals surface area (Å²) in [7, 11) is 1.07. The molecule has 2 aromatic carbocycles. The van der Waals surface area contributed by atoms with Gasteiger partial charge in [-0.3, -0.25) is 4.68 Å². The molecule has 3 rings (SSSR count). The van der Waals surface area contributed by atoms with Crippen LogP contribution >= 0.6 is 0 Å². The minimum absolute atomic E-state index is 0.0620. The van der Waals surface area contributed by atoms with E-state index in [0.29, 0.717) is 28.3 Å².